The Labute approximate surface area is 199 Å². The van der Waals surface area contributed by atoms with E-state index in [9.17, 15) is 13.2 Å². The van der Waals surface area contributed by atoms with E-state index in [1.807, 2.05) is 31.2 Å². The van der Waals surface area contributed by atoms with E-state index in [4.69, 9.17) is 14.2 Å². The van der Waals surface area contributed by atoms with Gasteiger partial charge in [0.05, 0.1) is 17.1 Å². The molecule has 1 heterocycles. The number of ether oxygens (including phenoxy) is 3. The molecule has 0 bridgehead atoms. The maximum Gasteiger partial charge on any atom is 0.264 e. The lowest BCUT2D eigenvalue weighted by atomic mass is 10.2. The molecule has 1 N–H and O–H groups in total. The lowest BCUT2D eigenvalue weighted by Gasteiger charge is -2.26. The Morgan fingerprint density at radius 2 is 1.71 bits per heavy atom. The predicted octanol–water partition coefficient (Wildman–Crippen LogP) is 3.16. The second-order valence-electron chi connectivity index (χ2n) is 7.87. The van der Waals surface area contributed by atoms with E-state index in [1.54, 1.807) is 48.5 Å². The van der Waals surface area contributed by atoms with Crippen LogP contribution in [0.4, 0.5) is 5.69 Å². The normalized spacial score (nSPS) is 14.8. The summed E-state index contributed by atoms with van der Waals surface area (Å²) in [7, 11) is -2.18. The molecule has 0 aromatic heterocycles. The van der Waals surface area contributed by atoms with Crippen LogP contribution in [0, 0.1) is 6.92 Å². The quantitative estimate of drug-likeness (QED) is 0.530. The van der Waals surface area contributed by atoms with Gasteiger partial charge >= 0.3 is 0 Å². The minimum atomic E-state index is -3.68. The lowest BCUT2D eigenvalue weighted by molar-refractivity contribution is -0.123. The van der Waals surface area contributed by atoms with Gasteiger partial charge in [-0.25, -0.2) is 8.42 Å². The van der Waals surface area contributed by atoms with Gasteiger partial charge in [0, 0.05) is 7.05 Å². The molecule has 34 heavy (non-hydrogen) atoms. The van der Waals surface area contributed by atoms with Crippen molar-refractivity contribution in [3.63, 3.8) is 0 Å². The van der Waals surface area contributed by atoms with Gasteiger partial charge in [-0.2, -0.15) is 0 Å². The molecule has 0 unspecified atom stereocenters. The number of carbonyl (C=O) groups excluding carboxylic acids is 1. The Hall–Kier alpha value is -3.72. The second-order valence-corrected chi connectivity index (χ2v) is 9.84. The number of sulfonamides is 1. The number of amides is 1. The Kier molecular flexibility index (Phi) is 6.93. The molecule has 0 fully saturated rings. The number of carbonyl (C=O) groups is 1. The fraction of sp³-hybridized carbons (Fsp3) is 0.240. The van der Waals surface area contributed by atoms with Gasteiger partial charge in [-0.1, -0.05) is 29.8 Å². The van der Waals surface area contributed by atoms with Gasteiger partial charge in [-0.05, 0) is 55.5 Å². The summed E-state index contributed by atoms with van der Waals surface area (Å²) in [5.41, 5.74) is 1.46. The highest BCUT2D eigenvalue weighted by Gasteiger charge is 2.22. The summed E-state index contributed by atoms with van der Waals surface area (Å²) in [5, 5.41) is 2.77. The fourth-order valence-corrected chi connectivity index (χ4v) is 4.55. The molecule has 1 amide bonds. The van der Waals surface area contributed by atoms with Gasteiger partial charge in [0.1, 0.15) is 18.5 Å². The van der Waals surface area contributed by atoms with Crippen molar-refractivity contribution in [1.82, 2.24) is 5.32 Å². The number of para-hydroxylation sites is 2. The molecule has 3 aromatic rings. The van der Waals surface area contributed by atoms with Crippen molar-refractivity contribution in [3.8, 4) is 17.2 Å². The summed E-state index contributed by atoms with van der Waals surface area (Å²) in [5.74, 6) is 1.49. The highest BCUT2D eigenvalue weighted by Crippen LogP contribution is 2.30. The van der Waals surface area contributed by atoms with Crippen LogP contribution < -0.4 is 23.8 Å². The summed E-state index contributed by atoms with van der Waals surface area (Å²) in [6, 6.07) is 20.6. The summed E-state index contributed by atoms with van der Waals surface area (Å²) in [4.78, 5) is 12.4. The molecule has 0 spiro atoms. The van der Waals surface area contributed by atoms with Crippen molar-refractivity contribution in [2.75, 3.05) is 31.1 Å². The summed E-state index contributed by atoms with van der Waals surface area (Å²) in [6.45, 7) is 2.35. The summed E-state index contributed by atoms with van der Waals surface area (Å²) in [6.07, 6.45) is -0.288. The van der Waals surface area contributed by atoms with Gasteiger partial charge in [-0.15, -0.1) is 0 Å². The zero-order valence-electron chi connectivity index (χ0n) is 18.9. The van der Waals surface area contributed by atoms with Crippen LogP contribution >= 0.6 is 0 Å². The van der Waals surface area contributed by atoms with E-state index in [2.05, 4.69) is 5.32 Å². The van der Waals surface area contributed by atoms with Crippen LogP contribution in [0.1, 0.15) is 5.56 Å². The minimum Gasteiger partial charge on any atom is -0.486 e. The zero-order valence-corrected chi connectivity index (χ0v) is 19.7. The zero-order chi connectivity index (χ0) is 24.1. The minimum absolute atomic E-state index is 0.180. The number of rotatable bonds is 8. The number of benzene rings is 3. The fourth-order valence-electron chi connectivity index (χ4n) is 3.35. The number of anilines is 1. The molecular weight excluding hydrogens is 456 g/mol. The number of fused-ring (bicyclic) bond motifs is 1. The van der Waals surface area contributed by atoms with Crippen molar-refractivity contribution >= 4 is 21.6 Å². The third-order valence-corrected chi connectivity index (χ3v) is 7.14. The van der Waals surface area contributed by atoms with Gasteiger partial charge in [-0.3, -0.25) is 9.10 Å². The number of nitrogens with one attached hydrogen (secondary N) is 1. The van der Waals surface area contributed by atoms with Gasteiger partial charge in [0.25, 0.3) is 15.9 Å². The smallest absolute Gasteiger partial charge is 0.264 e. The van der Waals surface area contributed by atoms with Gasteiger partial charge in [0.15, 0.2) is 18.1 Å². The van der Waals surface area contributed by atoms with Gasteiger partial charge in [0.2, 0.25) is 0 Å². The van der Waals surface area contributed by atoms with Crippen LogP contribution in [-0.4, -0.2) is 47.2 Å². The lowest BCUT2D eigenvalue weighted by Crippen LogP contribution is -2.42. The van der Waals surface area contributed by atoms with Gasteiger partial charge < -0.3 is 19.5 Å². The Morgan fingerprint density at radius 1 is 1.03 bits per heavy atom. The van der Waals surface area contributed by atoms with E-state index in [0.29, 0.717) is 29.5 Å². The van der Waals surface area contributed by atoms with Crippen LogP contribution in [-0.2, 0) is 14.8 Å². The maximum absolute atomic E-state index is 12.8. The van der Waals surface area contributed by atoms with Crippen molar-refractivity contribution < 1.29 is 27.4 Å². The molecule has 0 aliphatic carbocycles. The van der Waals surface area contributed by atoms with E-state index < -0.39 is 10.0 Å². The van der Waals surface area contributed by atoms with E-state index in [1.165, 1.54) is 11.4 Å². The first kappa shape index (κ1) is 23.4. The first-order valence-corrected chi connectivity index (χ1v) is 12.2. The molecule has 0 saturated heterocycles. The summed E-state index contributed by atoms with van der Waals surface area (Å²) < 4.78 is 43.9. The van der Waals surface area contributed by atoms with E-state index >= 15 is 0 Å². The molecule has 0 saturated carbocycles. The number of hydrogen-bond acceptors (Lipinski definition) is 6. The molecule has 1 atom stereocenters. The molecule has 4 rings (SSSR count). The number of hydrogen-bond donors (Lipinski definition) is 1. The number of nitrogens with zero attached hydrogens (tertiary/aromatic N) is 1. The molecule has 3 aromatic carbocycles. The van der Waals surface area contributed by atoms with Crippen LogP contribution in [0.3, 0.4) is 0 Å². The Morgan fingerprint density at radius 3 is 2.41 bits per heavy atom. The molecular formula is C25H26N2O6S. The van der Waals surface area contributed by atoms with Crippen LogP contribution in [0.5, 0.6) is 17.2 Å². The third-order valence-electron chi connectivity index (χ3n) is 5.34. The first-order valence-electron chi connectivity index (χ1n) is 10.8. The topological polar surface area (TPSA) is 94.2 Å². The second kappa shape index (κ2) is 10.0. The first-order chi connectivity index (χ1) is 16.3. The van der Waals surface area contributed by atoms with E-state index in [0.717, 1.165) is 5.56 Å². The standard InChI is InChI=1S/C25H26N2O6S/c1-18-7-13-22(14-8-18)34(29,30)27(2)19-9-11-20(12-10-19)31-17-25(28)26-15-21-16-32-23-5-3-4-6-24(23)33-21/h3-14,21H,15-17H2,1-2H3,(H,26,28)/t21-/m0/s1. The van der Waals surface area contributed by atoms with Crippen molar-refractivity contribution in [2.24, 2.45) is 0 Å². The molecule has 178 valence electrons. The number of aryl methyl sites for hydroxylation is 1. The highest BCUT2D eigenvalue weighted by atomic mass is 32.2. The Bertz CT molecular complexity index is 1240. The summed E-state index contributed by atoms with van der Waals surface area (Å²) >= 11 is 0. The molecule has 0 radical (unpaired) electrons. The largest absolute Gasteiger partial charge is 0.486 e. The van der Waals surface area contributed by atoms with Crippen molar-refractivity contribution in [3.05, 3.63) is 78.4 Å². The van der Waals surface area contributed by atoms with Crippen LogP contribution in [0.15, 0.2) is 77.7 Å². The predicted molar refractivity (Wildman–Crippen MR) is 128 cm³/mol. The average molecular weight is 483 g/mol. The van der Waals surface area contributed by atoms with Crippen molar-refractivity contribution in [2.45, 2.75) is 17.9 Å². The maximum atomic E-state index is 12.8. The van der Waals surface area contributed by atoms with Crippen molar-refractivity contribution in [1.29, 1.82) is 0 Å². The highest BCUT2D eigenvalue weighted by molar-refractivity contribution is 7.92. The Balaban J connectivity index is 1.26. The third kappa shape index (κ3) is 5.43. The van der Waals surface area contributed by atoms with E-state index in [-0.39, 0.29) is 30.1 Å². The monoisotopic (exact) mass is 482 g/mol. The van der Waals surface area contributed by atoms with Crippen LogP contribution in [0.25, 0.3) is 0 Å². The van der Waals surface area contributed by atoms with Crippen LogP contribution in [0.2, 0.25) is 0 Å². The average Bonchev–Trinajstić information content (AvgIpc) is 2.86. The molecule has 9 heteroatoms. The molecule has 1 aliphatic rings. The molecule has 8 nitrogen and oxygen atoms in total. The SMILES string of the molecule is Cc1ccc(S(=O)(=O)N(C)c2ccc(OCC(=O)NC[C@H]3COc4ccccc4O3)cc2)cc1. The molecule has 1 aliphatic heterocycles.